The Balaban J connectivity index is 1.46. The molecule has 1 saturated heterocycles. The van der Waals surface area contributed by atoms with Crippen molar-refractivity contribution in [2.24, 2.45) is 5.41 Å². The number of fused-ring (bicyclic) bond motifs is 1. The predicted molar refractivity (Wildman–Crippen MR) is 88.2 cm³/mol. The van der Waals surface area contributed by atoms with Crippen LogP contribution in [-0.2, 0) is 6.42 Å². The number of aryl methyl sites for hydroxylation is 1. The molecule has 1 atom stereocenters. The van der Waals surface area contributed by atoms with Crippen LogP contribution in [0.15, 0.2) is 18.2 Å². The van der Waals surface area contributed by atoms with Crippen molar-refractivity contribution in [1.29, 1.82) is 0 Å². The number of piperidine rings is 1. The van der Waals surface area contributed by atoms with Gasteiger partial charge < -0.3 is 5.73 Å². The van der Waals surface area contributed by atoms with E-state index >= 15 is 0 Å². The van der Waals surface area contributed by atoms with Gasteiger partial charge in [0.15, 0.2) is 0 Å². The van der Waals surface area contributed by atoms with Crippen LogP contribution in [0.25, 0.3) is 0 Å². The molecule has 2 fully saturated rings. The van der Waals surface area contributed by atoms with E-state index in [-0.39, 0.29) is 0 Å². The van der Waals surface area contributed by atoms with Crippen LogP contribution in [0, 0.1) is 5.41 Å². The first kappa shape index (κ1) is 13.6. The maximum absolute atomic E-state index is 5.93. The molecule has 3 aliphatic rings. The Morgan fingerprint density at radius 1 is 1.00 bits per heavy atom. The second kappa shape index (κ2) is 5.31. The van der Waals surface area contributed by atoms with Gasteiger partial charge in [0.2, 0.25) is 0 Å². The lowest BCUT2D eigenvalue weighted by Crippen LogP contribution is -2.42. The second-order valence-electron chi connectivity index (χ2n) is 7.61. The first-order valence-corrected chi connectivity index (χ1v) is 8.88. The first-order chi connectivity index (χ1) is 10.3. The number of hydrogen-bond acceptors (Lipinski definition) is 2. The monoisotopic (exact) mass is 284 g/mol. The molecule has 2 aliphatic carbocycles. The Labute approximate surface area is 128 Å². The predicted octanol–water partition coefficient (Wildman–Crippen LogP) is 4.30. The van der Waals surface area contributed by atoms with E-state index in [4.69, 9.17) is 5.73 Å². The van der Waals surface area contributed by atoms with Crippen LogP contribution >= 0.6 is 0 Å². The molecule has 1 aromatic rings. The minimum absolute atomic E-state index is 0.668. The van der Waals surface area contributed by atoms with E-state index in [2.05, 4.69) is 23.1 Å². The third-order valence-electron chi connectivity index (χ3n) is 6.43. The van der Waals surface area contributed by atoms with Crippen molar-refractivity contribution in [2.75, 3.05) is 18.8 Å². The molecule has 1 aliphatic heterocycles. The SMILES string of the molecule is Nc1ccc2c(c1)CCC2N1CCC2(CCCCC2)CC1. The summed E-state index contributed by atoms with van der Waals surface area (Å²) in [4.78, 5) is 2.77. The summed E-state index contributed by atoms with van der Waals surface area (Å²) in [7, 11) is 0. The van der Waals surface area contributed by atoms with Gasteiger partial charge in [-0.25, -0.2) is 0 Å². The van der Waals surface area contributed by atoms with Gasteiger partial charge in [-0.15, -0.1) is 0 Å². The topological polar surface area (TPSA) is 29.3 Å². The van der Waals surface area contributed by atoms with Crippen LogP contribution in [0.4, 0.5) is 5.69 Å². The van der Waals surface area contributed by atoms with Gasteiger partial charge in [-0.3, -0.25) is 4.90 Å². The van der Waals surface area contributed by atoms with E-state index < -0.39 is 0 Å². The maximum atomic E-state index is 5.93. The van der Waals surface area contributed by atoms with E-state index in [1.54, 1.807) is 5.56 Å². The highest BCUT2D eigenvalue weighted by molar-refractivity contribution is 5.47. The summed E-state index contributed by atoms with van der Waals surface area (Å²) in [6.07, 6.45) is 12.8. The number of nitrogens with two attached hydrogens (primary N) is 1. The summed E-state index contributed by atoms with van der Waals surface area (Å²) in [6, 6.07) is 7.24. The summed E-state index contributed by atoms with van der Waals surface area (Å²) in [5.74, 6) is 0. The van der Waals surface area contributed by atoms with Gasteiger partial charge in [0, 0.05) is 11.7 Å². The number of rotatable bonds is 1. The van der Waals surface area contributed by atoms with Gasteiger partial charge >= 0.3 is 0 Å². The van der Waals surface area contributed by atoms with Crippen LogP contribution < -0.4 is 5.73 Å². The molecule has 2 nitrogen and oxygen atoms in total. The van der Waals surface area contributed by atoms with E-state index in [9.17, 15) is 0 Å². The summed E-state index contributed by atoms with van der Waals surface area (Å²) in [5, 5.41) is 0. The molecule has 0 aromatic heterocycles. The molecule has 114 valence electrons. The number of hydrogen-bond donors (Lipinski definition) is 1. The van der Waals surface area contributed by atoms with Crippen molar-refractivity contribution in [1.82, 2.24) is 4.90 Å². The minimum Gasteiger partial charge on any atom is -0.399 e. The Hall–Kier alpha value is -1.02. The zero-order valence-corrected chi connectivity index (χ0v) is 13.1. The molecule has 2 heteroatoms. The largest absolute Gasteiger partial charge is 0.399 e. The lowest BCUT2D eigenvalue weighted by molar-refractivity contribution is 0.0448. The molecule has 1 spiro atoms. The van der Waals surface area contributed by atoms with Crippen molar-refractivity contribution in [3.63, 3.8) is 0 Å². The summed E-state index contributed by atoms with van der Waals surface area (Å²) < 4.78 is 0. The highest BCUT2D eigenvalue weighted by Gasteiger charge is 2.38. The molecule has 1 saturated carbocycles. The zero-order chi connectivity index (χ0) is 14.3. The van der Waals surface area contributed by atoms with E-state index in [1.807, 2.05) is 0 Å². The highest BCUT2D eigenvalue weighted by Crippen LogP contribution is 2.47. The Bertz CT molecular complexity index is 506. The van der Waals surface area contributed by atoms with Crippen molar-refractivity contribution in [3.05, 3.63) is 29.3 Å². The maximum Gasteiger partial charge on any atom is 0.0354 e. The molecule has 1 unspecified atom stereocenters. The second-order valence-corrected chi connectivity index (χ2v) is 7.61. The van der Waals surface area contributed by atoms with Gasteiger partial charge in [-0.1, -0.05) is 25.3 Å². The van der Waals surface area contributed by atoms with Crippen LogP contribution in [0.1, 0.15) is 68.5 Å². The van der Waals surface area contributed by atoms with E-state index in [0.717, 1.165) is 11.1 Å². The van der Waals surface area contributed by atoms with Crippen LogP contribution in [0.2, 0.25) is 0 Å². The first-order valence-electron chi connectivity index (χ1n) is 8.88. The van der Waals surface area contributed by atoms with Gasteiger partial charge in [-0.2, -0.15) is 0 Å². The minimum atomic E-state index is 0.668. The quantitative estimate of drug-likeness (QED) is 0.779. The Morgan fingerprint density at radius 3 is 2.52 bits per heavy atom. The average Bonchev–Trinajstić information content (AvgIpc) is 2.92. The lowest BCUT2D eigenvalue weighted by Gasteiger charge is -2.46. The number of likely N-dealkylation sites (tertiary alicyclic amines) is 1. The summed E-state index contributed by atoms with van der Waals surface area (Å²) in [5.41, 5.74) is 10.6. The molecule has 2 N–H and O–H groups in total. The summed E-state index contributed by atoms with van der Waals surface area (Å²) in [6.45, 7) is 2.63. The number of nitrogens with zero attached hydrogens (tertiary/aromatic N) is 1. The molecule has 1 aromatic carbocycles. The highest BCUT2D eigenvalue weighted by atomic mass is 15.2. The van der Waals surface area contributed by atoms with Gasteiger partial charge in [0.05, 0.1) is 0 Å². The number of nitrogen functional groups attached to an aromatic ring is 1. The third-order valence-corrected chi connectivity index (χ3v) is 6.43. The van der Waals surface area contributed by atoms with E-state index in [1.165, 1.54) is 76.4 Å². The van der Waals surface area contributed by atoms with Crippen molar-refractivity contribution < 1.29 is 0 Å². The number of benzene rings is 1. The standard InChI is InChI=1S/C19H28N2/c20-16-5-6-17-15(14-16)4-7-18(17)21-12-10-19(11-13-21)8-2-1-3-9-19/h5-6,14,18H,1-4,7-13,20H2. The molecule has 4 rings (SSSR count). The fraction of sp³-hybridized carbons (Fsp3) is 0.684. The third kappa shape index (κ3) is 2.48. The van der Waals surface area contributed by atoms with Crippen molar-refractivity contribution in [3.8, 4) is 0 Å². The molecule has 0 bridgehead atoms. The molecule has 0 amide bonds. The summed E-state index contributed by atoms with van der Waals surface area (Å²) >= 11 is 0. The normalized spacial score (nSPS) is 28.7. The molecule has 0 radical (unpaired) electrons. The number of anilines is 1. The fourth-order valence-corrected chi connectivity index (χ4v) is 5.11. The van der Waals surface area contributed by atoms with Gasteiger partial charge in [-0.05, 0) is 80.3 Å². The van der Waals surface area contributed by atoms with Crippen LogP contribution in [0.3, 0.4) is 0 Å². The molecular weight excluding hydrogens is 256 g/mol. The Kier molecular flexibility index (Phi) is 3.45. The zero-order valence-electron chi connectivity index (χ0n) is 13.1. The molecule has 21 heavy (non-hydrogen) atoms. The van der Waals surface area contributed by atoms with Gasteiger partial charge in [0.25, 0.3) is 0 Å². The molecule has 1 heterocycles. The van der Waals surface area contributed by atoms with Crippen molar-refractivity contribution >= 4 is 5.69 Å². The average molecular weight is 284 g/mol. The lowest BCUT2D eigenvalue weighted by atomic mass is 9.68. The fourth-order valence-electron chi connectivity index (χ4n) is 5.11. The van der Waals surface area contributed by atoms with Gasteiger partial charge in [0.1, 0.15) is 0 Å². The molecular formula is C19H28N2. The van der Waals surface area contributed by atoms with Crippen LogP contribution in [-0.4, -0.2) is 18.0 Å². The van der Waals surface area contributed by atoms with Crippen molar-refractivity contribution in [2.45, 2.75) is 63.8 Å². The smallest absolute Gasteiger partial charge is 0.0354 e. The Morgan fingerprint density at radius 2 is 1.76 bits per heavy atom. The van der Waals surface area contributed by atoms with Crippen LogP contribution in [0.5, 0.6) is 0 Å². The van der Waals surface area contributed by atoms with E-state index in [0.29, 0.717) is 6.04 Å².